The lowest BCUT2D eigenvalue weighted by atomic mass is 9.85. The summed E-state index contributed by atoms with van der Waals surface area (Å²) in [5, 5.41) is 8.85. The minimum absolute atomic E-state index is 0.0375. The lowest BCUT2D eigenvalue weighted by Crippen LogP contribution is -2.43. The van der Waals surface area contributed by atoms with Gasteiger partial charge in [0.1, 0.15) is 5.67 Å². The summed E-state index contributed by atoms with van der Waals surface area (Å²) in [4.78, 5) is 14.3. The molecule has 0 unspecified atom stereocenters. The number of likely N-dealkylation sites (tertiary alicyclic amines) is 1. The molecule has 1 aliphatic heterocycles. The fourth-order valence-electron chi connectivity index (χ4n) is 3.26. The molecule has 0 N–H and O–H groups in total. The maximum absolute atomic E-state index is 15.3. The molecule has 128 valence electrons. The second-order valence-corrected chi connectivity index (χ2v) is 6.50. The molecule has 3 rings (SSSR count). The van der Waals surface area contributed by atoms with Gasteiger partial charge in [0.05, 0.1) is 11.6 Å². The van der Waals surface area contributed by atoms with E-state index >= 15 is 4.39 Å². The van der Waals surface area contributed by atoms with Crippen molar-refractivity contribution in [2.45, 2.75) is 31.9 Å². The van der Waals surface area contributed by atoms with Gasteiger partial charge in [-0.05, 0) is 41.8 Å². The Morgan fingerprint density at radius 1 is 1.12 bits per heavy atom. The number of carbonyl (C=O) groups is 1. The van der Waals surface area contributed by atoms with Crippen LogP contribution in [0.3, 0.4) is 0 Å². The lowest BCUT2D eigenvalue weighted by molar-refractivity contribution is 0.0421. The van der Waals surface area contributed by atoms with Crippen LogP contribution in [0.5, 0.6) is 0 Å². The van der Waals surface area contributed by atoms with E-state index in [1.807, 2.05) is 30.3 Å². The van der Waals surface area contributed by atoms with Gasteiger partial charge in [0.25, 0.3) is 5.91 Å². The first kappa shape index (κ1) is 17.2. The smallest absolute Gasteiger partial charge is 0.253 e. The Morgan fingerprint density at radius 3 is 2.24 bits per heavy atom. The molecule has 0 bridgehead atoms. The number of hydrogen-bond donors (Lipinski definition) is 0. The van der Waals surface area contributed by atoms with Crippen LogP contribution in [-0.4, -0.2) is 23.9 Å². The van der Waals surface area contributed by atoms with Crippen LogP contribution in [0, 0.1) is 11.3 Å². The second kappa shape index (κ2) is 7.06. The molecule has 4 heteroatoms. The monoisotopic (exact) mass is 336 g/mol. The molecular weight excluding hydrogens is 315 g/mol. The van der Waals surface area contributed by atoms with Crippen molar-refractivity contribution in [2.75, 3.05) is 13.1 Å². The van der Waals surface area contributed by atoms with E-state index in [0.717, 1.165) is 6.42 Å². The summed E-state index contributed by atoms with van der Waals surface area (Å²) in [7, 11) is 0. The number of alkyl halides is 1. The molecule has 0 radical (unpaired) electrons. The minimum Gasteiger partial charge on any atom is -0.338 e. The van der Waals surface area contributed by atoms with Gasteiger partial charge >= 0.3 is 0 Å². The van der Waals surface area contributed by atoms with Crippen LogP contribution >= 0.6 is 0 Å². The largest absolute Gasteiger partial charge is 0.338 e. The number of benzene rings is 2. The third kappa shape index (κ3) is 3.56. The van der Waals surface area contributed by atoms with Crippen LogP contribution in [-0.2, 0) is 12.1 Å². The van der Waals surface area contributed by atoms with Gasteiger partial charge < -0.3 is 4.90 Å². The topological polar surface area (TPSA) is 44.1 Å². The van der Waals surface area contributed by atoms with Crippen LogP contribution < -0.4 is 0 Å². The Bertz CT molecular complexity index is 782. The standard InChI is InChI=1S/C21H21FN2O/c1-2-16-3-7-18(8-4-16)20(25)24-13-11-21(22,12-14-24)19-9-5-17(15-23)6-10-19/h3-10H,2,11-14H2,1H3. The Labute approximate surface area is 147 Å². The highest BCUT2D eigenvalue weighted by atomic mass is 19.1. The fraction of sp³-hybridized carbons (Fsp3) is 0.333. The van der Waals surface area contributed by atoms with Gasteiger partial charge in [0.15, 0.2) is 0 Å². The zero-order valence-electron chi connectivity index (χ0n) is 14.3. The van der Waals surface area contributed by atoms with E-state index < -0.39 is 5.67 Å². The molecule has 3 nitrogen and oxygen atoms in total. The number of amides is 1. The summed E-state index contributed by atoms with van der Waals surface area (Å²) in [6.07, 6.45) is 1.49. The molecular formula is C21H21FN2O. The molecule has 1 fully saturated rings. The SMILES string of the molecule is CCc1ccc(C(=O)N2CCC(F)(c3ccc(C#N)cc3)CC2)cc1. The van der Waals surface area contributed by atoms with Crippen molar-refractivity contribution in [3.05, 3.63) is 70.8 Å². The van der Waals surface area contributed by atoms with E-state index in [1.54, 1.807) is 29.2 Å². The first-order valence-electron chi connectivity index (χ1n) is 8.63. The number of rotatable bonds is 3. The summed E-state index contributed by atoms with van der Waals surface area (Å²) in [5.74, 6) is -0.0375. The highest BCUT2D eigenvalue weighted by Crippen LogP contribution is 2.37. The van der Waals surface area contributed by atoms with Gasteiger partial charge in [-0.1, -0.05) is 31.2 Å². The number of halogens is 1. The number of hydrogen-bond acceptors (Lipinski definition) is 2. The van der Waals surface area contributed by atoms with Gasteiger partial charge in [0.2, 0.25) is 0 Å². The summed E-state index contributed by atoms with van der Waals surface area (Å²) < 4.78 is 15.3. The van der Waals surface area contributed by atoms with Crippen molar-refractivity contribution in [3.8, 4) is 6.07 Å². The summed E-state index contributed by atoms with van der Waals surface area (Å²) in [5.41, 5.74) is 1.53. The molecule has 1 aliphatic rings. The quantitative estimate of drug-likeness (QED) is 0.842. The average molecular weight is 336 g/mol. The molecule has 1 saturated heterocycles. The van der Waals surface area contributed by atoms with Crippen molar-refractivity contribution in [3.63, 3.8) is 0 Å². The Kier molecular flexibility index (Phi) is 4.85. The molecule has 1 heterocycles. The zero-order chi connectivity index (χ0) is 17.9. The molecule has 1 amide bonds. The number of piperidine rings is 1. The number of aryl methyl sites for hydroxylation is 1. The van der Waals surface area contributed by atoms with Gasteiger partial charge in [-0.15, -0.1) is 0 Å². The minimum atomic E-state index is -1.43. The second-order valence-electron chi connectivity index (χ2n) is 6.50. The van der Waals surface area contributed by atoms with Crippen LogP contribution in [0.2, 0.25) is 0 Å². The van der Waals surface area contributed by atoms with Crippen molar-refractivity contribution in [1.82, 2.24) is 4.90 Å². The van der Waals surface area contributed by atoms with Gasteiger partial charge in [-0.2, -0.15) is 5.26 Å². The molecule has 0 spiro atoms. The number of nitrogens with zero attached hydrogens (tertiary/aromatic N) is 2. The van der Waals surface area contributed by atoms with E-state index in [-0.39, 0.29) is 18.7 Å². The molecule has 2 aromatic rings. The van der Waals surface area contributed by atoms with Crippen molar-refractivity contribution in [1.29, 1.82) is 5.26 Å². The molecule has 0 saturated carbocycles. The predicted molar refractivity (Wildman–Crippen MR) is 94.9 cm³/mol. The van der Waals surface area contributed by atoms with Gasteiger partial charge in [0, 0.05) is 31.5 Å². The van der Waals surface area contributed by atoms with E-state index in [2.05, 4.69) is 6.92 Å². The highest BCUT2D eigenvalue weighted by molar-refractivity contribution is 5.94. The molecule has 0 atom stereocenters. The lowest BCUT2D eigenvalue weighted by Gasteiger charge is -2.36. The van der Waals surface area contributed by atoms with Gasteiger partial charge in [-0.3, -0.25) is 4.79 Å². The predicted octanol–water partition coefficient (Wildman–Crippen LogP) is 4.22. The molecule has 25 heavy (non-hydrogen) atoms. The Hall–Kier alpha value is -2.67. The van der Waals surface area contributed by atoms with Crippen molar-refractivity contribution in [2.24, 2.45) is 0 Å². The normalized spacial score (nSPS) is 16.3. The average Bonchev–Trinajstić information content (AvgIpc) is 2.68. The number of nitriles is 1. The highest BCUT2D eigenvalue weighted by Gasteiger charge is 2.37. The zero-order valence-corrected chi connectivity index (χ0v) is 14.3. The summed E-state index contributed by atoms with van der Waals surface area (Å²) in [6.45, 7) is 2.86. The maximum atomic E-state index is 15.3. The molecule has 0 aliphatic carbocycles. The van der Waals surface area contributed by atoms with E-state index in [4.69, 9.17) is 5.26 Å². The fourth-order valence-corrected chi connectivity index (χ4v) is 3.26. The summed E-state index contributed by atoms with van der Waals surface area (Å²) >= 11 is 0. The first-order valence-corrected chi connectivity index (χ1v) is 8.63. The Morgan fingerprint density at radius 2 is 1.72 bits per heavy atom. The van der Waals surface area contributed by atoms with E-state index in [0.29, 0.717) is 29.8 Å². The van der Waals surface area contributed by atoms with Crippen LogP contribution in [0.4, 0.5) is 4.39 Å². The van der Waals surface area contributed by atoms with E-state index in [1.165, 1.54) is 5.56 Å². The van der Waals surface area contributed by atoms with Crippen molar-refractivity contribution >= 4 is 5.91 Å². The maximum Gasteiger partial charge on any atom is 0.253 e. The van der Waals surface area contributed by atoms with Crippen LogP contribution in [0.15, 0.2) is 48.5 Å². The number of carbonyl (C=O) groups excluding carboxylic acids is 1. The van der Waals surface area contributed by atoms with Crippen molar-refractivity contribution < 1.29 is 9.18 Å². The van der Waals surface area contributed by atoms with Gasteiger partial charge in [-0.25, -0.2) is 4.39 Å². The molecule has 2 aromatic carbocycles. The van der Waals surface area contributed by atoms with E-state index in [9.17, 15) is 4.79 Å². The van der Waals surface area contributed by atoms with Crippen LogP contribution in [0.25, 0.3) is 0 Å². The first-order chi connectivity index (χ1) is 12.1. The third-order valence-electron chi connectivity index (χ3n) is 4.98. The third-order valence-corrected chi connectivity index (χ3v) is 4.98. The Balaban J connectivity index is 1.67. The summed E-state index contributed by atoms with van der Waals surface area (Å²) in [6, 6.07) is 16.3. The van der Waals surface area contributed by atoms with Crippen LogP contribution in [0.1, 0.15) is 46.8 Å². The molecule has 0 aromatic heterocycles.